The number of hydrogen-bond acceptors (Lipinski definition) is 5. The van der Waals surface area contributed by atoms with Gasteiger partial charge < -0.3 is 9.47 Å². The molecule has 0 aromatic carbocycles. The van der Waals surface area contributed by atoms with E-state index in [2.05, 4.69) is 20.5 Å². The fourth-order valence-corrected chi connectivity index (χ4v) is 1.59. The monoisotopic (exact) mass is 226 g/mol. The zero-order valence-electron chi connectivity index (χ0n) is 9.19. The third kappa shape index (κ3) is 2.30. The molecule has 0 spiro atoms. The number of anilines is 1. The van der Waals surface area contributed by atoms with Crippen molar-refractivity contribution in [3.05, 3.63) is 0 Å². The van der Waals surface area contributed by atoms with Crippen LogP contribution in [0.15, 0.2) is 0 Å². The maximum Gasteiger partial charge on any atom is 0.336 e. The Morgan fingerprint density at radius 2 is 2.44 bits per heavy atom. The van der Waals surface area contributed by atoms with Gasteiger partial charge in [0.1, 0.15) is 6.10 Å². The Labute approximate surface area is 92.5 Å². The van der Waals surface area contributed by atoms with Gasteiger partial charge in [-0.1, -0.05) is 0 Å². The number of aromatic amines is 1. The Kier molecular flexibility index (Phi) is 3.04. The Hall–Kier alpha value is -1.63. The van der Waals surface area contributed by atoms with E-state index >= 15 is 0 Å². The van der Waals surface area contributed by atoms with Crippen LogP contribution in [0.3, 0.4) is 0 Å². The Bertz CT molecular complexity index is 379. The molecule has 0 radical (unpaired) electrons. The van der Waals surface area contributed by atoms with Crippen LogP contribution in [0.2, 0.25) is 0 Å². The van der Waals surface area contributed by atoms with Crippen molar-refractivity contribution in [2.75, 3.05) is 12.4 Å². The van der Waals surface area contributed by atoms with Gasteiger partial charge in [0.15, 0.2) is 0 Å². The summed E-state index contributed by atoms with van der Waals surface area (Å²) in [5, 5.41) is 8.85. The molecule has 0 unspecified atom stereocenters. The van der Waals surface area contributed by atoms with Gasteiger partial charge >= 0.3 is 6.01 Å². The highest BCUT2D eigenvalue weighted by Crippen LogP contribution is 2.20. The van der Waals surface area contributed by atoms with Crippen LogP contribution in [0.1, 0.15) is 19.8 Å². The van der Waals surface area contributed by atoms with Crippen molar-refractivity contribution in [2.45, 2.75) is 32.0 Å². The molecule has 2 N–H and O–H groups in total. The molecule has 7 heteroatoms. The first-order valence-electron chi connectivity index (χ1n) is 5.11. The predicted molar refractivity (Wildman–Crippen MR) is 55.1 cm³/mol. The van der Waals surface area contributed by atoms with Crippen LogP contribution >= 0.6 is 0 Å². The minimum absolute atomic E-state index is 0.139. The molecule has 1 aromatic heterocycles. The fourth-order valence-electron chi connectivity index (χ4n) is 1.59. The van der Waals surface area contributed by atoms with Gasteiger partial charge in [-0.25, -0.2) is 5.10 Å². The van der Waals surface area contributed by atoms with Crippen LogP contribution < -0.4 is 10.1 Å². The molecule has 0 bridgehead atoms. The number of H-pyrrole nitrogens is 1. The highest BCUT2D eigenvalue weighted by molar-refractivity contribution is 5.92. The number of nitrogens with one attached hydrogen (secondary N) is 2. The van der Waals surface area contributed by atoms with Gasteiger partial charge in [-0.05, 0) is 19.8 Å². The van der Waals surface area contributed by atoms with Crippen molar-refractivity contribution < 1.29 is 14.3 Å². The fraction of sp³-hybridized carbons (Fsp3) is 0.667. The Morgan fingerprint density at radius 1 is 1.62 bits per heavy atom. The second kappa shape index (κ2) is 4.48. The molecule has 7 nitrogen and oxygen atoms in total. The van der Waals surface area contributed by atoms with Crippen molar-refractivity contribution in [3.63, 3.8) is 0 Å². The number of rotatable bonds is 3. The van der Waals surface area contributed by atoms with E-state index < -0.39 is 6.10 Å². The summed E-state index contributed by atoms with van der Waals surface area (Å²) in [6.45, 7) is 1.95. The molecular weight excluding hydrogens is 212 g/mol. The van der Waals surface area contributed by atoms with E-state index in [4.69, 9.17) is 9.47 Å². The van der Waals surface area contributed by atoms with Crippen LogP contribution in [-0.4, -0.2) is 40.4 Å². The van der Waals surface area contributed by atoms with Crippen molar-refractivity contribution in [1.29, 1.82) is 0 Å². The number of methoxy groups -OCH3 is 1. The standard InChI is InChI=1S/C9H14N4O3/c1-5-3-4-6(16-5)7(14)10-8-11-9(15-2)13-12-8/h5-6H,3-4H2,1-2H3,(H2,10,11,12,13,14)/t5-,6-/m0/s1. The number of aromatic nitrogens is 3. The molecule has 1 amide bonds. The summed E-state index contributed by atoms with van der Waals surface area (Å²) in [6.07, 6.45) is 1.38. The molecule has 16 heavy (non-hydrogen) atoms. The maximum atomic E-state index is 11.7. The predicted octanol–water partition coefficient (Wildman–Crippen LogP) is 0.319. The van der Waals surface area contributed by atoms with E-state index in [0.717, 1.165) is 12.8 Å². The molecule has 1 aliphatic rings. The first kappa shape index (κ1) is 10.9. The zero-order chi connectivity index (χ0) is 11.5. The number of carbonyl (C=O) groups excluding carboxylic acids is 1. The average molecular weight is 226 g/mol. The van der Waals surface area contributed by atoms with Gasteiger partial charge in [0, 0.05) is 0 Å². The van der Waals surface area contributed by atoms with Gasteiger partial charge in [-0.2, -0.15) is 4.98 Å². The number of carbonyl (C=O) groups is 1. The number of nitrogens with zero attached hydrogens (tertiary/aromatic N) is 2. The van der Waals surface area contributed by atoms with Gasteiger partial charge in [0.25, 0.3) is 5.91 Å². The highest BCUT2D eigenvalue weighted by Gasteiger charge is 2.28. The van der Waals surface area contributed by atoms with Crippen molar-refractivity contribution in [2.24, 2.45) is 0 Å². The smallest absolute Gasteiger partial charge is 0.336 e. The lowest BCUT2D eigenvalue weighted by molar-refractivity contribution is -0.126. The zero-order valence-corrected chi connectivity index (χ0v) is 9.19. The summed E-state index contributed by atoms with van der Waals surface area (Å²) >= 11 is 0. The van der Waals surface area contributed by atoms with Gasteiger partial charge in [0.05, 0.1) is 13.2 Å². The Balaban J connectivity index is 1.91. The number of hydrogen-bond donors (Lipinski definition) is 2. The van der Waals surface area contributed by atoms with Crippen LogP contribution in [0, 0.1) is 0 Å². The second-order valence-corrected chi connectivity index (χ2v) is 3.67. The number of amides is 1. The molecule has 1 aliphatic heterocycles. The van der Waals surface area contributed by atoms with E-state index in [9.17, 15) is 4.79 Å². The molecule has 2 rings (SSSR count). The molecule has 2 heterocycles. The summed E-state index contributed by atoms with van der Waals surface area (Å²) in [6, 6.07) is 0.191. The topological polar surface area (TPSA) is 89.1 Å². The third-order valence-electron chi connectivity index (χ3n) is 2.41. The van der Waals surface area contributed by atoms with Gasteiger partial charge in [-0.3, -0.25) is 10.1 Å². The third-order valence-corrected chi connectivity index (χ3v) is 2.41. The summed E-state index contributed by atoms with van der Waals surface area (Å²) in [4.78, 5) is 15.6. The van der Waals surface area contributed by atoms with Crippen LogP contribution in [0.5, 0.6) is 6.01 Å². The Morgan fingerprint density at radius 3 is 3.00 bits per heavy atom. The molecule has 88 valence electrons. The minimum Gasteiger partial charge on any atom is -0.466 e. The molecular formula is C9H14N4O3. The second-order valence-electron chi connectivity index (χ2n) is 3.67. The molecule has 0 saturated carbocycles. The first-order chi connectivity index (χ1) is 7.69. The average Bonchev–Trinajstić information content (AvgIpc) is 2.87. The SMILES string of the molecule is COc1n[nH]c(NC(=O)[C@@H]2CC[C@H](C)O2)n1. The quantitative estimate of drug-likeness (QED) is 0.774. The first-order valence-corrected chi connectivity index (χ1v) is 5.11. The van der Waals surface area contributed by atoms with E-state index in [1.807, 2.05) is 6.92 Å². The summed E-state index contributed by atoms with van der Waals surface area (Å²) in [5.41, 5.74) is 0. The van der Waals surface area contributed by atoms with Crippen molar-refractivity contribution in [1.82, 2.24) is 15.2 Å². The summed E-state index contributed by atoms with van der Waals surface area (Å²) in [5.74, 6) is 0.0631. The van der Waals surface area contributed by atoms with Crippen LogP contribution in [-0.2, 0) is 9.53 Å². The molecule has 0 aliphatic carbocycles. The van der Waals surface area contributed by atoms with E-state index in [-0.39, 0.29) is 24.0 Å². The largest absolute Gasteiger partial charge is 0.466 e. The lowest BCUT2D eigenvalue weighted by Crippen LogP contribution is -2.28. The molecule has 1 fully saturated rings. The van der Waals surface area contributed by atoms with Crippen molar-refractivity contribution >= 4 is 11.9 Å². The van der Waals surface area contributed by atoms with E-state index in [0.29, 0.717) is 0 Å². The minimum atomic E-state index is -0.397. The molecule has 1 saturated heterocycles. The lowest BCUT2D eigenvalue weighted by Gasteiger charge is -2.09. The summed E-state index contributed by atoms with van der Waals surface area (Å²) in [7, 11) is 1.45. The highest BCUT2D eigenvalue weighted by atomic mass is 16.5. The summed E-state index contributed by atoms with van der Waals surface area (Å²) < 4.78 is 10.2. The lowest BCUT2D eigenvalue weighted by atomic mass is 10.2. The van der Waals surface area contributed by atoms with E-state index in [1.54, 1.807) is 0 Å². The molecule has 2 atom stereocenters. The van der Waals surface area contributed by atoms with Crippen molar-refractivity contribution in [3.8, 4) is 6.01 Å². The number of ether oxygens (including phenoxy) is 2. The van der Waals surface area contributed by atoms with E-state index in [1.165, 1.54) is 7.11 Å². The van der Waals surface area contributed by atoms with Crippen LogP contribution in [0.25, 0.3) is 0 Å². The van der Waals surface area contributed by atoms with Gasteiger partial charge in [-0.15, -0.1) is 5.10 Å². The normalized spacial score (nSPS) is 24.4. The molecule has 1 aromatic rings. The maximum absolute atomic E-state index is 11.7. The van der Waals surface area contributed by atoms with Crippen LogP contribution in [0.4, 0.5) is 5.95 Å². The van der Waals surface area contributed by atoms with Gasteiger partial charge in [0.2, 0.25) is 5.95 Å².